The normalized spacial score (nSPS) is 13.4. The average Bonchev–Trinajstić information content (AvgIpc) is 3.25. The Hall–Kier alpha value is -3.41. The van der Waals surface area contributed by atoms with E-state index in [9.17, 15) is 4.79 Å². The molecule has 1 saturated heterocycles. The van der Waals surface area contributed by atoms with Gasteiger partial charge in [-0.3, -0.25) is 4.79 Å². The van der Waals surface area contributed by atoms with Crippen LogP contribution in [0.2, 0.25) is 0 Å². The third kappa shape index (κ3) is 4.23. The molecule has 3 aromatic rings. The molecule has 2 aromatic carbocycles. The van der Waals surface area contributed by atoms with Gasteiger partial charge < -0.3 is 15.0 Å². The number of nitrogens with one attached hydrogen (secondary N) is 1. The number of anilines is 2. The Labute approximate surface area is 157 Å². The zero-order chi connectivity index (χ0) is 18.5. The molecule has 0 aliphatic carbocycles. The Kier molecular flexibility index (Phi) is 4.96. The van der Waals surface area contributed by atoms with Gasteiger partial charge in [-0.05, 0) is 49.2 Å². The van der Waals surface area contributed by atoms with Crippen molar-refractivity contribution in [2.24, 2.45) is 0 Å². The van der Waals surface area contributed by atoms with Crippen LogP contribution in [0.25, 0.3) is 0 Å². The first-order valence-corrected chi connectivity index (χ1v) is 8.99. The highest BCUT2D eigenvalue weighted by atomic mass is 16.5. The summed E-state index contributed by atoms with van der Waals surface area (Å²) in [5.74, 6) is 2.09. The van der Waals surface area contributed by atoms with Gasteiger partial charge in [-0.25, -0.2) is 9.97 Å². The van der Waals surface area contributed by atoms with Crippen LogP contribution in [0.1, 0.15) is 23.3 Å². The fourth-order valence-electron chi connectivity index (χ4n) is 3.00. The number of aromatic nitrogens is 2. The molecule has 1 N–H and O–H groups in total. The summed E-state index contributed by atoms with van der Waals surface area (Å²) in [6.07, 6.45) is 3.52. The molecule has 0 atom stereocenters. The van der Waals surface area contributed by atoms with Crippen molar-refractivity contribution >= 4 is 17.4 Å². The molecule has 6 heteroatoms. The third-order valence-corrected chi connectivity index (χ3v) is 4.39. The zero-order valence-corrected chi connectivity index (χ0v) is 14.8. The maximum Gasteiger partial charge on any atom is 0.272 e. The van der Waals surface area contributed by atoms with Gasteiger partial charge in [0.15, 0.2) is 0 Å². The fourth-order valence-corrected chi connectivity index (χ4v) is 3.00. The number of nitrogens with zero attached hydrogens (tertiary/aromatic N) is 3. The highest BCUT2D eigenvalue weighted by Crippen LogP contribution is 2.24. The van der Waals surface area contributed by atoms with E-state index in [1.807, 2.05) is 59.5 Å². The third-order valence-electron chi connectivity index (χ3n) is 4.39. The average molecular weight is 360 g/mol. The smallest absolute Gasteiger partial charge is 0.272 e. The number of para-hydroxylation sites is 1. The quantitative estimate of drug-likeness (QED) is 0.737. The molecule has 4 rings (SSSR count). The summed E-state index contributed by atoms with van der Waals surface area (Å²) in [4.78, 5) is 22.6. The van der Waals surface area contributed by atoms with E-state index >= 15 is 0 Å². The number of carbonyl (C=O) groups is 1. The summed E-state index contributed by atoms with van der Waals surface area (Å²) in [5, 5.41) is 3.20. The summed E-state index contributed by atoms with van der Waals surface area (Å²) in [6.45, 7) is 1.60. The lowest BCUT2D eigenvalue weighted by atomic mass is 10.3. The van der Waals surface area contributed by atoms with Crippen LogP contribution >= 0.6 is 0 Å². The van der Waals surface area contributed by atoms with Gasteiger partial charge in [0.1, 0.15) is 29.3 Å². The lowest BCUT2D eigenvalue weighted by Crippen LogP contribution is -2.28. The second-order valence-corrected chi connectivity index (χ2v) is 6.35. The molecule has 1 aromatic heterocycles. The first-order chi connectivity index (χ1) is 13.3. The van der Waals surface area contributed by atoms with Gasteiger partial charge in [0, 0.05) is 24.8 Å². The Balaban J connectivity index is 1.43. The maximum absolute atomic E-state index is 12.5. The van der Waals surface area contributed by atoms with E-state index in [0.717, 1.165) is 43.1 Å². The number of carbonyl (C=O) groups excluding carboxylic acids is 1. The van der Waals surface area contributed by atoms with E-state index in [4.69, 9.17) is 4.74 Å². The van der Waals surface area contributed by atoms with Crippen LogP contribution in [-0.2, 0) is 0 Å². The monoisotopic (exact) mass is 360 g/mol. The van der Waals surface area contributed by atoms with Crippen LogP contribution < -0.4 is 10.1 Å². The van der Waals surface area contributed by atoms with Gasteiger partial charge in [-0.1, -0.05) is 18.2 Å². The predicted octanol–water partition coefficient (Wildman–Crippen LogP) is 4.25. The van der Waals surface area contributed by atoms with E-state index in [1.165, 1.54) is 6.33 Å². The minimum Gasteiger partial charge on any atom is -0.457 e. The second kappa shape index (κ2) is 7.86. The fraction of sp³-hybridized carbons (Fsp3) is 0.190. The van der Waals surface area contributed by atoms with Gasteiger partial charge in [0.25, 0.3) is 5.91 Å². The summed E-state index contributed by atoms with van der Waals surface area (Å²) in [6, 6.07) is 18.9. The Bertz CT molecular complexity index is 907. The molecule has 1 aliphatic rings. The van der Waals surface area contributed by atoms with Crippen LogP contribution in [0.4, 0.5) is 11.5 Å². The molecule has 1 fully saturated rings. The molecular formula is C21H20N4O2. The SMILES string of the molecule is O=C(c1cc(Nc2ccc(Oc3ccccc3)cc2)ncn1)N1CCCC1. The molecule has 6 nitrogen and oxygen atoms in total. The van der Waals surface area contributed by atoms with Gasteiger partial charge in [-0.15, -0.1) is 0 Å². The summed E-state index contributed by atoms with van der Waals surface area (Å²) in [5.41, 5.74) is 1.27. The Morgan fingerprint density at radius 1 is 0.926 bits per heavy atom. The number of hydrogen-bond acceptors (Lipinski definition) is 5. The molecule has 27 heavy (non-hydrogen) atoms. The highest BCUT2D eigenvalue weighted by Gasteiger charge is 2.20. The van der Waals surface area contributed by atoms with Crippen molar-refractivity contribution in [3.63, 3.8) is 0 Å². The number of ether oxygens (including phenoxy) is 1. The topological polar surface area (TPSA) is 67.3 Å². The first-order valence-electron chi connectivity index (χ1n) is 8.99. The van der Waals surface area contributed by atoms with Crippen LogP contribution in [0.15, 0.2) is 67.0 Å². The second-order valence-electron chi connectivity index (χ2n) is 6.35. The lowest BCUT2D eigenvalue weighted by Gasteiger charge is -2.15. The van der Waals surface area contributed by atoms with Crippen molar-refractivity contribution in [2.45, 2.75) is 12.8 Å². The van der Waals surface area contributed by atoms with Crippen molar-refractivity contribution in [1.82, 2.24) is 14.9 Å². The van der Waals surface area contributed by atoms with Crippen molar-refractivity contribution in [3.05, 3.63) is 72.7 Å². The minimum absolute atomic E-state index is 0.0374. The standard InChI is InChI=1S/C21H20N4O2/c26-21(25-12-4-5-13-25)19-14-20(23-15-22-19)24-16-8-10-18(11-9-16)27-17-6-2-1-3-7-17/h1-3,6-11,14-15H,4-5,12-13H2,(H,22,23,24). The van der Waals surface area contributed by atoms with Crippen molar-refractivity contribution in [3.8, 4) is 11.5 Å². The van der Waals surface area contributed by atoms with Crippen LogP contribution in [0.3, 0.4) is 0 Å². The largest absolute Gasteiger partial charge is 0.457 e. The minimum atomic E-state index is -0.0374. The van der Waals surface area contributed by atoms with E-state index < -0.39 is 0 Å². The number of likely N-dealkylation sites (tertiary alicyclic amines) is 1. The molecule has 1 amide bonds. The van der Waals surface area contributed by atoms with E-state index in [1.54, 1.807) is 6.07 Å². The van der Waals surface area contributed by atoms with Gasteiger partial charge in [0.05, 0.1) is 0 Å². The molecule has 2 heterocycles. The van der Waals surface area contributed by atoms with Gasteiger partial charge in [0.2, 0.25) is 0 Å². The number of hydrogen-bond donors (Lipinski definition) is 1. The van der Waals surface area contributed by atoms with E-state index in [0.29, 0.717) is 11.5 Å². The molecular weight excluding hydrogens is 340 g/mol. The Morgan fingerprint density at radius 3 is 2.37 bits per heavy atom. The van der Waals surface area contributed by atoms with Crippen LogP contribution in [0, 0.1) is 0 Å². The summed E-state index contributed by atoms with van der Waals surface area (Å²) in [7, 11) is 0. The predicted molar refractivity (Wildman–Crippen MR) is 103 cm³/mol. The lowest BCUT2D eigenvalue weighted by molar-refractivity contribution is 0.0787. The van der Waals surface area contributed by atoms with Crippen molar-refractivity contribution < 1.29 is 9.53 Å². The molecule has 0 spiro atoms. The molecule has 0 radical (unpaired) electrons. The van der Waals surface area contributed by atoms with E-state index in [2.05, 4.69) is 15.3 Å². The highest BCUT2D eigenvalue weighted by molar-refractivity contribution is 5.93. The number of amides is 1. The molecule has 136 valence electrons. The first kappa shape index (κ1) is 17.0. The maximum atomic E-state index is 12.5. The summed E-state index contributed by atoms with van der Waals surface area (Å²) < 4.78 is 5.79. The van der Waals surface area contributed by atoms with Gasteiger partial charge in [-0.2, -0.15) is 0 Å². The van der Waals surface area contributed by atoms with Crippen molar-refractivity contribution in [2.75, 3.05) is 18.4 Å². The molecule has 1 aliphatic heterocycles. The van der Waals surface area contributed by atoms with Crippen LogP contribution in [-0.4, -0.2) is 33.9 Å². The van der Waals surface area contributed by atoms with Crippen molar-refractivity contribution in [1.29, 1.82) is 0 Å². The molecule has 0 bridgehead atoms. The number of rotatable bonds is 5. The van der Waals surface area contributed by atoms with Gasteiger partial charge >= 0.3 is 0 Å². The molecule has 0 unspecified atom stereocenters. The molecule has 0 saturated carbocycles. The Morgan fingerprint density at radius 2 is 1.63 bits per heavy atom. The number of benzene rings is 2. The zero-order valence-electron chi connectivity index (χ0n) is 14.8. The van der Waals surface area contributed by atoms with E-state index in [-0.39, 0.29) is 5.91 Å². The summed E-state index contributed by atoms with van der Waals surface area (Å²) >= 11 is 0. The van der Waals surface area contributed by atoms with Crippen LogP contribution in [0.5, 0.6) is 11.5 Å².